The average molecular weight is 346 g/mol. The third-order valence-corrected chi connectivity index (χ3v) is 5.09. The molecule has 6 nitrogen and oxygen atoms in total. The van der Waals surface area contributed by atoms with Crippen LogP contribution in [0.5, 0.6) is 0 Å². The minimum atomic E-state index is -3.82. The van der Waals surface area contributed by atoms with Crippen molar-refractivity contribution in [2.75, 3.05) is 4.72 Å². The van der Waals surface area contributed by atoms with Crippen molar-refractivity contribution in [1.82, 2.24) is 5.16 Å². The quantitative estimate of drug-likeness (QED) is 0.772. The van der Waals surface area contributed by atoms with E-state index in [9.17, 15) is 8.42 Å². The van der Waals surface area contributed by atoms with E-state index in [1.807, 2.05) is 39.8 Å². The molecule has 0 bridgehead atoms. The fourth-order valence-electron chi connectivity index (χ4n) is 2.35. The second-order valence-corrected chi connectivity index (χ2v) is 7.38. The van der Waals surface area contributed by atoms with Gasteiger partial charge in [-0.3, -0.25) is 4.72 Å². The average Bonchev–Trinajstić information content (AvgIpc) is 3.11. The van der Waals surface area contributed by atoms with E-state index in [0.29, 0.717) is 17.2 Å². The number of rotatable bonds is 4. The van der Waals surface area contributed by atoms with Gasteiger partial charge in [0, 0.05) is 5.56 Å². The zero-order valence-corrected chi connectivity index (χ0v) is 14.7. The molecule has 3 aromatic rings. The normalized spacial score (nSPS) is 11.7. The molecule has 1 N–H and O–H groups in total. The summed E-state index contributed by atoms with van der Waals surface area (Å²) in [6.07, 6.45) is 0. The third-order valence-electron chi connectivity index (χ3n) is 3.85. The molecule has 0 aliphatic heterocycles. The first kappa shape index (κ1) is 16.3. The Kier molecular flexibility index (Phi) is 3.96. The summed E-state index contributed by atoms with van der Waals surface area (Å²) in [5, 5.41) is 3.68. The number of hydrogen-bond donors (Lipinski definition) is 1. The molecule has 0 fully saturated rings. The number of aryl methyl sites for hydroxylation is 3. The van der Waals surface area contributed by atoms with Crippen LogP contribution in [0, 0.1) is 27.7 Å². The largest absolute Gasteiger partial charge is 0.439 e. The Bertz CT molecular complexity index is 1000. The van der Waals surface area contributed by atoms with Gasteiger partial charge in [0.1, 0.15) is 0 Å². The van der Waals surface area contributed by atoms with Crippen molar-refractivity contribution >= 4 is 15.7 Å². The van der Waals surface area contributed by atoms with E-state index in [0.717, 1.165) is 22.4 Å². The number of furan rings is 1. The SMILES string of the molecule is Cc1ccc(NS(=O)(=O)c2ccc(-c3onc(C)c3C)o2)c(C)c1. The molecule has 126 valence electrons. The van der Waals surface area contributed by atoms with Crippen LogP contribution in [0.15, 0.2) is 44.4 Å². The van der Waals surface area contributed by atoms with Crippen LogP contribution >= 0.6 is 0 Å². The number of benzene rings is 1. The van der Waals surface area contributed by atoms with E-state index in [2.05, 4.69) is 9.88 Å². The van der Waals surface area contributed by atoms with Crippen molar-refractivity contribution in [3.8, 4) is 11.5 Å². The first-order valence-electron chi connectivity index (χ1n) is 7.41. The second-order valence-electron chi connectivity index (χ2n) is 5.76. The number of anilines is 1. The summed E-state index contributed by atoms with van der Waals surface area (Å²) in [7, 11) is -3.82. The van der Waals surface area contributed by atoms with Gasteiger partial charge in [0.05, 0.1) is 11.4 Å². The molecular formula is C17H18N2O4S. The maximum atomic E-state index is 12.5. The van der Waals surface area contributed by atoms with Crippen LogP contribution in [0.3, 0.4) is 0 Å². The van der Waals surface area contributed by atoms with Gasteiger partial charge >= 0.3 is 0 Å². The molecule has 0 aliphatic carbocycles. The van der Waals surface area contributed by atoms with E-state index in [-0.39, 0.29) is 5.09 Å². The predicted molar refractivity (Wildman–Crippen MR) is 90.4 cm³/mol. The summed E-state index contributed by atoms with van der Waals surface area (Å²) in [4.78, 5) is 0. The maximum absolute atomic E-state index is 12.5. The molecule has 2 heterocycles. The van der Waals surface area contributed by atoms with Gasteiger partial charge in [-0.25, -0.2) is 0 Å². The van der Waals surface area contributed by atoms with Gasteiger partial charge in [-0.15, -0.1) is 0 Å². The minimum Gasteiger partial charge on any atom is -0.439 e. The van der Waals surface area contributed by atoms with Crippen LogP contribution in [0.25, 0.3) is 11.5 Å². The maximum Gasteiger partial charge on any atom is 0.295 e. The van der Waals surface area contributed by atoms with Gasteiger partial charge in [-0.2, -0.15) is 8.42 Å². The van der Waals surface area contributed by atoms with Crippen molar-refractivity contribution in [1.29, 1.82) is 0 Å². The molecule has 0 aliphatic rings. The van der Waals surface area contributed by atoms with Crippen LogP contribution in [0.1, 0.15) is 22.4 Å². The molecule has 24 heavy (non-hydrogen) atoms. The number of aromatic nitrogens is 1. The van der Waals surface area contributed by atoms with Crippen molar-refractivity contribution in [3.05, 3.63) is 52.7 Å². The summed E-state index contributed by atoms with van der Waals surface area (Å²) >= 11 is 0. The number of nitrogens with one attached hydrogen (secondary N) is 1. The van der Waals surface area contributed by atoms with Gasteiger partial charge in [0.2, 0.25) is 10.9 Å². The highest BCUT2D eigenvalue weighted by atomic mass is 32.2. The Morgan fingerprint density at radius 2 is 1.79 bits per heavy atom. The molecule has 0 saturated heterocycles. The fraction of sp³-hybridized carbons (Fsp3) is 0.235. The van der Waals surface area contributed by atoms with Gasteiger partial charge in [-0.1, -0.05) is 22.9 Å². The van der Waals surface area contributed by atoms with Crippen LogP contribution in [0.4, 0.5) is 5.69 Å². The Hall–Kier alpha value is -2.54. The zero-order valence-electron chi connectivity index (χ0n) is 13.9. The van der Waals surface area contributed by atoms with Gasteiger partial charge < -0.3 is 8.94 Å². The molecule has 0 saturated carbocycles. The molecule has 0 amide bonds. The summed E-state index contributed by atoms with van der Waals surface area (Å²) in [5.74, 6) is 0.759. The van der Waals surface area contributed by atoms with Crippen LogP contribution < -0.4 is 4.72 Å². The number of nitrogens with zero attached hydrogens (tertiary/aromatic N) is 1. The van der Waals surface area contributed by atoms with Crippen LogP contribution in [0.2, 0.25) is 0 Å². The van der Waals surface area contributed by atoms with Crippen molar-refractivity contribution in [2.24, 2.45) is 0 Å². The molecular weight excluding hydrogens is 328 g/mol. The highest BCUT2D eigenvalue weighted by molar-refractivity contribution is 7.92. The van der Waals surface area contributed by atoms with E-state index < -0.39 is 10.0 Å². The zero-order chi connectivity index (χ0) is 17.5. The van der Waals surface area contributed by atoms with E-state index in [1.165, 1.54) is 6.07 Å². The van der Waals surface area contributed by atoms with Gasteiger partial charge in [-0.05, 0) is 51.5 Å². The summed E-state index contributed by atoms with van der Waals surface area (Å²) in [6.45, 7) is 7.45. The first-order chi connectivity index (χ1) is 11.3. The van der Waals surface area contributed by atoms with Crippen molar-refractivity contribution in [2.45, 2.75) is 32.8 Å². The molecule has 0 unspecified atom stereocenters. The lowest BCUT2D eigenvalue weighted by atomic mass is 10.1. The lowest BCUT2D eigenvalue weighted by Gasteiger charge is -2.09. The van der Waals surface area contributed by atoms with Crippen LogP contribution in [-0.2, 0) is 10.0 Å². The van der Waals surface area contributed by atoms with E-state index in [4.69, 9.17) is 8.94 Å². The van der Waals surface area contributed by atoms with E-state index in [1.54, 1.807) is 12.1 Å². The highest BCUT2D eigenvalue weighted by Crippen LogP contribution is 2.29. The lowest BCUT2D eigenvalue weighted by molar-refractivity contribution is 0.398. The Balaban J connectivity index is 1.92. The molecule has 7 heteroatoms. The summed E-state index contributed by atoms with van der Waals surface area (Å²) in [6, 6.07) is 8.45. The first-order valence-corrected chi connectivity index (χ1v) is 8.89. The Morgan fingerprint density at radius 3 is 2.42 bits per heavy atom. The number of sulfonamides is 1. The monoisotopic (exact) mass is 346 g/mol. The van der Waals surface area contributed by atoms with E-state index >= 15 is 0 Å². The van der Waals surface area contributed by atoms with Gasteiger partial charge in [0.25, 0.3) is 10.0 Å². The number of hydrogen-bond acceptors (Lipinski definition) is 5. The smallest absolute Gasteiger partial charge is 0.295 e. The van der Waals surface area contributed by atoms with Crippen molar-refractivity contribution in [3.63, 3.8) is 0 Å². The topological polar surface area (TPSA) is 85.3 Å². The molecule has 0 spiro atoms. The van der Waals surface area contributed by atoms with Crippen molar-refractivity contribution < 1.29 is 17.4 Å². The molecule has 2 aromatic heterocycles. The Morgan fingerprint density at radius 1 is 1.04 bits per heavy atom. The predicted octanol–water partition coefficient (Wildman–Crippen LogP) is 3.97. The summed E-state index contributed by atoms with van der Waals surface area (Å²) < 4.78 is 38.3. The third kappa shape index (κ3) is 2.94. The molecule has 0 radical (unpaired) electrons. The lowest BCUT2D eigenvalue weighted by Crippen LogP contribution is -2.13. The second kappa shape index (κ2) is 5.83. The molecule has 0 atom stereocenters. The minimum absolute atomic E-state index is 0.175. The van der Waals surface area contributed by atoms with Gasteiger partial charge in [0.15, 0.2) is 5.76 Å². The molecule has 1 aromatic carbocycles. The standard InChI is InChI=1S/C17H18N2O4S/c1-10-5-6-14(11(2)9-10)19-24(20,21)16-8-7-15(22-16)17-12(3)13(4)18-23-17/h5-9,19H,1-4H3. The fourth-order valence-corrected chi connectivity index (χ4v) is 3.42. The Labute approximate surface area is 140 Å². The van der Waals surface area contributed by atoms with Crippen LogP contribution in [-0.4, -0.2) is 13.6 Å². The summed E-state index contributed by atoms with van der Waals surface area (Å²) in [5.41, 5.74) is 3.97. The molecule has 3 rings (SSSR count). The highest BCUT2D eigenvalue weighted by Gasteiger charge is 2.22.